The Bertz CT molecular complexity index is 1720. The van der Waals surface area contributed by atoms with Crippen molar-refractivity contribution in [3.8, 4) is 0 Å². The summed E-state index contributed by atoms with van der Waals surface area (Å²) < 4.78 is 64.4. The number of H-pyrrole nitrogens is 1. The number of anilines is 2. The minimum Gasteiger partial charge on any atom is -0.382 e. The van der Waals surface area contributed by atoms with Gasteiger partial charge in [-0.2, -0.15) is 4.98 Å². The van der Waals surface area contributed by atoms with Crippen molar-refractivity contribution in [2.75, 3.05) is 18.1 Å². The highest BCUT2D eigenvalue weighted by molar-refractivity contribution is 8.44. The molecule has 1 unspecified atom stereocenters. The molecule has 20 heteroatoms. The molecule has 2 aliphatic rings. The average molecular weight is 645 g/mol. The Balaban J connectivity index is 1.27. The van der Waals surface area contributed by atoms with Crippen LogP contribution in [0.15, 0.2) is 23.8 Å². The zero-order valence-electron chi connectivity index (χ0n) is 22.0. The minimum atomic E-state index is -4.34. The van der Waals surface area contributed by atoms with Gasteiger partial charge >= 0.3 is 6.80 Å². The second-order valence-electron chi connectivity index (χ2n) is 10.0. The number of thiol groups is 1. The highest BCUT2D eigenvalue weighted by atomic mass is 32.7. The molecule has 2 fully saturated rings. The van der Waals surface area contributed by atoms with Gasteiger partial charge in [0.25, 0.3) is 5.56 Å². The number of nitrogen functional groups attached to an aromatic ring is 2. The summed E-state index contributed by atoms with van der Waals surface area (Å²) in [5.41, 5.74) is 11.6. The Hall–Kier alpha value is -2.83. The lowest BCUT2D eigenvalue weighted by atomic mass is 9.93. The number of thioether (sulfide) groups is 1. The Kier molecular flexibility index (Phi) is 7.90. The van der Waals surface area contributed by atoms with Gasteiger partial charge in [-0.25, -0.2) is 33.3 Å². The van der Waals surface area contributed by atoms with Crippen molar-refractivity contribution in [2.45, 2.75) is 61.7 Å². The molecule has 0 spiro atoms. The maximum Gasteiger partial charge on any atom is 0.388 e. The predicted octanol–water partition coefficient (Wildman–Crippen LogP) is 3.15. The lowest BCUT2D eigenvalue weighted by Crippen LogP contribution is -2.26. The first-order valence-electron chi connectivity index (χ1n) is 12.9. The van der Waals surface area contributed by atoms with Crippen LogP contribution >= 0.6 is 30.8 Å². The topological polar surface area (TPSA) is 204 Å². The van der Waals surface area contributed by atoms with Gasteiger partial charge in [0.2, 0.25) is 12.3 Å². The number of hydrogen-bond donors (Lipinski definition) is 4. The van der Waals surface area contributed by atoms with Crippen molar-refractivity contribution in [3.05, 3.63) is 29.3 Å². The van der Waals surface area contributed by atoms with Crippen molar-refractivity contribution >= 4 is 64.9 Å². The molecule has 0 aromatic carbocycles. The number of nitrogens with one attached hydrogen (secondary N) is 1. The SMILES string of the molecule is C[C@H]1CCC[C@H]2[C@H](F)[C@H](n3cnc4c(N)ncnc43)O[C@@H]2COP(=O)(S)O[C@H](F)[C@H](n2cnc3c(=O)[nH]c(N)nc32)S1. The van der Waals surface area contributed by atoms with Gasteiger partial charge in [0, 0.05) is 11.2 Å². The Morgan fingerprint density at radius 2 is 1.88 bits per heavy atom. The third kappa shape index (κ3) is 5.48. The largest absolute Gasteiger partial charge is 0.388 e. The maximum absolute atomic E-state index is 16.0. The number of nitrogens with zero attached hydrogens (tertiary/aromatic N) is 7. The molecule has 2 saturated heterocycles. The van der Waals surface area contributed by atoms with Crippen LogP contribution in [0.5, 0.6) is 0 Å². The standard InChI is InChI=1S/C22H27F2N10O5PS2/c1-9-3-2-4-10-11(38-20(12(10)23)33-7-29-13-16(25)27-6-28-17(13)33)5-37-40(36,41)39-15(24)21(42-9)34-8-30-14-18(34)31-22(26)32-19(14)35/h6-12,15,20-21H,2-5H2,1H3,(H,36,41)(H2,25,27,28)(H3,26,31,32,35)/t9-,10+,11+,12-,15-,20+,21+,40?/m0/s1. The van der Waals surface area contributed by atoms with E-state index in [1.54, 1.807) is 0 Å². The van der Waals surface area contributed by atoms with Crippen LogP contribution in [0.4, 0.5) is 20.5 Å². The zero-order chi connectivity index (χ0) is 29.8. The molecule has 0 saturated carbocycles. The van der Waals surface area contributed by atoms with Crippen LogP contribution in [0.2, 0.25) is 0 Å². The number of aromatic nitrogens is 8. The van der Waals surface area contributed by atoms with Gasteiger partial charge in [-0.1, -0.05) is 25.6 Å². The molecule has 6 rings (SSSR count). The summed E-state index contributed by atoms with van der Waals surface area (Å²) in [6.07, 6.45) is -0.334. The van der Waals surface area contributed by atoms with Crippen LogP contribution in [-0.2, 0) is 18.3 Å². The number of nitrogens with two attached hydrogens (primary N) is 2. The zero-order valence-corrected chi connectivity index (χ0v) is 24.6. The molecule has 15 nitrogen and oxygen atoms in total. The normalized spacial score (nSPS) is 33.2. The minimum absolute atomic E-state index is 0.0275. The Morgan fingerprint density at radius 1 is 1.12 bits per heavy atom. The summed E-state index contributed by atoms with van der Waals surface area (Å²) in [6.45, 7) is -2.85. The third-order valence-electron chi connectivity index (χ3n) is 7.24. The smallest absolute Gasteiger partial charge is 0.382 e. The quantitative estimate of drug-likeness (QED) is 0.183. The number of aromatic amines is 1. The van der Waals surface area contributed by atoms with E-state index in [9.17, 15) is 9.36 Å². The molecule has 226 valence electrons. The lowest BCUT2D eigenvalue weighted by Gasteiger charge is -2.26. The molecular weight excluding hydrogens is 617 g/mol. The molecule has 2 aliphatic heterocycles. The van der Waals surface area contributed by atoms with E-state index < -0.39 is 48.5 Å². The van der Waals surface area contributed by atoms with Crippen LogP contribution in [0, 0.1) is 5.92 Å². The molecule has 0 amide bonds. The molecule has 42 heavy (non-hydrogen) atoms. The van der Waals surface area contributed by atoms with E-state index in [0.29, 0.717) is 30.4 Å². The van der Waals surface area contributed by atoms with E-state index in [4.69, 9.17) is 25.3 Å². The van der Waals surface area contributed by atoms with Gasteiger partial charge in [0.05, 0.1) is 25.4 Å². The van der Waals surface area contributed by atoms with E-state index in [0.717, 1.165) is 11.8 Å². The summed E-state index contributed by atoms with van der Waals surface area (Å²) >= 11 is 5.12. The van der Waals surface area contributed by atoms with Gasteiger partial charge in [-0.05, 0) is 12.8 Å². The molecule has 0 radical (unpaired) electrons. The van der Waals surface area contributed by atoms with Gasteiger partial charge in [0.1, 0.15) is 17.2 Å². The predicted molar refractivity (Wildman–Crippen MR) is 153 cm³/mol. The fraction of sp³-hybridized carbons (Fsp3) is 0.545. The lowest BCUT2D eigenvalue weighted by molar-refractivity contribution is -0.0394. The number of imidazole rings is 2. The molecule has 4 aromatic rings. The Morgan fingerprint density at radius 3 is 2.69 bits per heavy atom. The second kappa shape index (κ2) is 11.3. The van der Waals surface area contributed by atoms with Gasteiger partial charge in [-0.3, -0.25) is 28.0 Å². The van der Waals surface area contributed by atoms with Crippen molar-refractivity contribution in [1.29, 1.82) is 0 Å². The van der Waals surface area contributed by atoms with Gasteiger partial charge < -0.3 is 16.2 Å². The summed E-state index contributed by atoms with van der Waals surface area (Å²) in [5.74, 6) is -0.695. The third-order valence-corrected chi connectivity index (χ3v) is 10.2. The second-order valence-corrected chi connectivity index (χ2v) is 14.5. The van der Waals surface area contributed by atoms with Crippen molar-refractivity contribution in [2.24, 2.45) is 5.92 Å². The Labute approximate surface area is 245 Å². The van der Waals surface area contributed by atoms with Crippen molar-refractivity contribution in [1.82, 2.24) is 39.0 Å². The van der Waals surface area contributed by atoms with Crippen molar-refractivity contribution in [3.63, 3.8) is 0 Å². The number of ether oxygens (including phenoxy) is 1. The van der Waals surface area contributed by atoms with Crippen LogP contribution in [0.25, 0.3) is 22.3 Å². The van der Waals surface area contributed by atoms with E-state index in [1.807, 2.05) is 6.92 Å². The number of rotatable bonds is 2. The van der Waals surface area contributed by atoms with Crippen LogP contribution in [0.1, 0.15) is 37.8 Å². The number of halogens is 2. The summed E-state index contributed by atoms with van der Waals surface area (Å²) in [6, 6.07) is 0. The molecule has 6 heterocycles. The fourth-order valence-electron chi connectivity index (χ4n) is 5.26. The van der Waals surface area contributed by atoms with E-state index in [-0.39, 0.29) is 34.8 Å². The molecule has 4 aromatic heterocycles. The molecule has 5 N–H and O–H groups in total. The van der Waals surface area contributed by atoms with E-state index in [2.05, 4.69) is 42.2 Å². The molecule has 0 aliphatic carbocycles. The number of fused-ring (bicyclic) bond motifs is 3. The fourth-order valence-corrected chi connectivity index (χ4v) is 7.82. The summed E-state index contributed by atoms with van der Waals surface area (Å²) in [5, 5.41) is -1.37. The number of alkyl halides is 2. The maximum atomic E-state index is 16.0. The van der Waals surface area contributed by atoms with Crippen LogP contribution in [0.3, 0.4) is 0 Å². The van der Waals surface area contributed by atoms with E-state index >= 15 is 8.78 Å². The highest BCUT2D eigenvalue weighted by Gasteiger charge is 2.47. The summed E-state index contributed by atoms with van der Waals surface area (Å²) in [7, 11) is 0. The average Bonchev–Trinajstić information content (AvgIpc) is 3.62. The summed E-state index contributed by atoms with van der Waals surface area (Å²) in [4.78, 5) is 35.0. The van der Waals surface area contributed by atoms with Gasteiger partial charge in [0.15, 0.2) is 35.0 Å². The molecule has 0 bridgehead atoms. The first kappa shape index (κ1) is 29.3. The number of hydrogen-bond acceptors (Lipinski definition) is 13. The van der Waals surface area contributed by atoms with E-state index in [1.165, 1.54) is 28.1 Å². The molecule has 8 atom stereocenters. The molecular formula is C22H27F2N10O5PS2. The first-order chi connectivity index (χ1) is 20.0. The monoisotopic (exact) mass is 644 g/mol. The first-order valence-corrected chi connectivity index (χ1v) is 16.6. The van der Waals surface area contributed by atoms with Crippen molar-refractivity contribution < 1.29 is 27.1 Å². The van der Waals surface area contributed by atoms with Gasteiger partial charge in [-0.15, -0.1) is 11.8 Å². The van der Waals surface area contributed by atoms with Crippen LogP contribution < -0.4 is 17.0 Å². The highest BCUT2D eigenvalue weighted by Crippen LogP contribution is 2.57. The van der Waals surface area contributed by atoms with Crippen LogP contribution in [-0.4, -0.2) is 69.5 Å².